The van der Waals surface area contributed by atoms with Gasteiger partial charge in [0.1, 0.15) is 0 Å². The minimum absolute atomic E-state index is 0.369. The molecule has 3 nitrogen and oxygen atoms in total. The molecule has 1 heterocycles. The van der Waals surface area contributed by atoms with E-state index in [0.717, 1.165) is 6.54 Å². The first kappa shape index (κ1) is 17.5. The van der Waals surface area contributed by atoms with Gasteiger partial charge in [0.2, 0.25) is 0 Å². The van der Waals surface area contributed by atoms with E-state index in [1.54, 1.807) is 23.1 Å². The van der Waals surface area contributed by atoms with Crippen molar-refractivity contribution in [3.63, 3.8) is 0 Å². The normalized spacial score (nSPS) is 12.7. The molecule has 0 radical (unpaired) electrons. The van der Waals surface area contributed by atoms with Crippen LogP contribution in [0.1, 0.15) is 10.4 Å². The van der Waals surface area contributed by atoms with Crippen LogP contribution in [0.4, 0.5) is 0 Å². The molecule has 0 bridgehead atoms. The number of nitrogens with zero attached hydrogens (tertiary/aromatic N) is 1. The second kappa shape index (κ2) is 9.33. The Balaban J connectivity index is 1.67. The smallest absolute Gasteiger partial charge is 0.0900 e. The summed E-state index contributed by atoms with van der Waals surface area (Å²) in [7, 11) is 2.02. The van der Waals surface area contributed by atoms with Crippen molar-refractivity contribution >= 4 is 23.1 Å². The SMILES string of the molecule is CSc1ccc(CN(C)CC(O)COCc2cccs2)cc1. The number of thiophene rings is 1. The van der Waals surface area contributed by atoms with E-state index in [2.05, 4.69) is 35.4 Å². The van der Waals surface area contributed by atoms with Crippen molar-refractivity contribution in [3.8, 4) is 0 Å². The van der Waals surface area contributed by atoms with E-state index in [4.69, 9.17) is 4.74 Å². The Hall–Kier alpha value is -0.850. The molecule has 1 unspecified atom stereocenters. The zero-order valence-corrected chi connectivity index (χ0v) is 14.7. The fourth-order valence-corrected chi connectivity index (χ4v) is 3.26. The van der Waals surface area contributed by atoms with Crippen LogP contribution in [0.15, 0.2) is 46.7 Å². The van der Waals surface area contributed by atoms with Crippen LogP contribution in [0.5, 0.6) is 0 Å². The number of hydrogen-bond acceptors (Lipinski definition) is 5. The maximum absolute atomic E-state index is 10.0. The molecule has 120 valence electrons. The molecule has 1 aromatic carbocycles. The van der Waals surface area contributed by atoms with Gasteiger partial charge in [0.25, 0.3) is 0 Å². The van der Waals surface area contributed by atoms with Crippen LogP contribution in [0, 0.1) is 0 Å². The van der Waals surface area contributed by atoms with Gasteiger partial charge < -0.3 is 9.84 Å². The van der Waals surface area contributed by atoms with E-state index in [0.29, 0.717) is 19.8 Å². The third-order valence-electron chi connectivity index (χ3n) is 3.27. The van der Waals surface area contributed by atoms with Crippen LogP contribution in [-0.2, 0) is 17.9 Å². The van der Waals surface area contributed by atoms with E-state index in [1.165, 1.54) is 15.3 Å². The van der Waals surface area contributed by atoms with Crippen LogP contribution < -0.4 is 0 Å². The molecule has 0 fully saturated rings. The molecular weight excluding hydrogens is 314 g/mol. The Morgan fingerprint density at radius 1 is 1.27 bits per heavy atom. The number of ether oxygens (including phenoxy) is 1. The molecule has 0 aliphatic rings. The standard InChI is InChI=1S/C17H23NO2S2/c1-18(10-14-5-7-16(21-2)8-6-14)11-15(19)12-20-13-17-4-3-9-22-17/h3-9,15,19H,10-13H2,1-2H3. The Kier molecular flexibility index (Phi) is 7.42. The summed E-state index contributed by atoms with van der Waals surface area (Å²) >= 11 is 3.42. The highest BCUT2D eigenvalue weighted by atomic mass is 32.2. The molecule has 0 saturated carbocycles. The van der Waals surface area contributed by atoms with Gasteiger partial charge in [-0.05, 0) is 42.4 Å². The Bertz CT molecular complexity index is 528. The number of aliphatic hydroxyl groups excluding tert-OH is 1. The zero-order valence-electron chi connectivity index (χ0n) is 13.1. The van der Waals surface area contributed by atoms with Crippen LogP contribution in [0.25, 0.3) is 0 Å². The van der Waals surface area contributed by atoms with Gasteiger partial charge in [-0.15, -0.1) is 23.1 Å². The minimum atomic E-state index is -0.463. The van der Waals surface area contributed by atoms with Gasteiger partial charge in [0.15, 0.2) is 0 Å². The van der Waals surface area contributed by atoms with Gasteiger partial charge in [-0.25, -0.2) is 0 Å². The van der Waals surface area contributed by atoms with Gasteiger partial charge in [0, 0.05) is 22.9 Å². The van der Waals surface area contributed by atoms with Crippen LogP contribution >= 0.6 is 23.1 Å². The minimum Gasteiger partial charge on any atom is -0.389 e. The average molecular weight is 338 g/mol. The summed E-state index contributed by atoms with van der Waals surface area (Å²) in [6.45, 7) is 2.38. The average Bonchev–Trinajstić information content (AvgIpc) is 3.01. The third kappa shape index (κ3) is 6.10. The van der Waals surface area contributed by atoms with E-state index in [-0.39, 0.29) is 0 Å². The van der Waals surface area contributed by atoms with Crippen molar-refractivity contribution in [2.45, 2.75) is 24.2 Å². The summed E-state index contributed by atoms with van der Waals surface area (Å²) in [6.07, 6.45) is 1.61. The van der Waals surface area contributed by atoms with Crippen molar-refractivity contribution in [2.75, 3.05) is 26.5 Å². The van der Waals surface area contributed by atoms with Crippen molar-refractivity contribution in [2.24, 2.45) is 0 Å². The molecule has 1 atom stereocenters. The molecule has 0 aliphatic carbocycles. The van der Waals surface area contributed by atoms with E-state index in [9.17, 15) is 5.11 Å². The maximum atomic E-state index is 10.0. The third-order valence-corrected chi connectivity index (χ3v) is 4.86. The number of hydrogen-bond donors (Lipinski definition) is 1. The number of rotatable bonds is 9. The summed E-state index contributed by atoms with van der Waals surface area (Å²) in [6, 6.07) is 12.6. The number of thioether (sulfide) groups is 1. The van der Waals surface area contributed by atoms with Gasteiger partial charge in [-0.1, -0.05) is 18.2 Å². The molecule has 0 spiro atoms. The predicted octanol–water partition coefficient (Wildman–Crippen LogP) is 3.48. The molecule has 0 aliphatic heterocycles. The van der Waals surface area contributed by atoms with Crippen LogP contribution in [0.2, 0.25) is 0 Å². The lowest BCUT2D eigenvalue weighted by Crippen LogP contribution is -2.31. The second-order valence-corrected chi connectivity index (χ2v) is 7.21. The number of benzene rings is 1. The van der Waals surface area contributed by atoms with E-state index < -0.39 is 6.10 Å². The lowest BCUT2D eigenvalue weighted by molar-refractivity contribution is 0.0135. The van der Waals surface area contributed by atoms with Crippen molar-refractivity contribution < 1.29 is 9.84 Å². The van der Waals surface area contributed by atoms with Gasteiger partial charge >= 0.3 is 0 Å². The number of aliphatic hydroxyl groups is 1. The molecule has 0 amide bonds. The predicted molar refractivity (Wildman–Crippen MR) is 94.5 cm³/mol. The van der Waals surface area contributed by atoms with Crippen molar-refractivity contribution in [3.05, 3.63) is 52.2 Å². The monoisotopic (exact) mass is 337 g/mol. The Morgan fingerprint density at radius 3 is 2.68 bits per heavy atom. The number of likely N-dealkylation sites (N-methyl/N-ethyl adjacent to an activating group) is 1. The lowest BCUT2D eigenvalue weighted by atomic mass is 10.2. The van der Waals surface area contributed by atoms with Crippen LogP contribution in [0.3, 0.4) is 0 Å². The summed E-state index contributed by atoms with van der Waals surface area (Å²) in [5.41, 5.74) is 1.26. The molecule has 22 heavy (non-hydrogen) atoms. The topological polar surface area (TPSA) is 32.7 Å². The zero-order chi connectivity index (χ0) is 15.8. The molecule has 2 rings (SSSR count). The molecule has 1 N–H and O–H groups in total. The highest BCUT2D eigenvalue weighted by Crippen LogP contribution is 2.15. The summed E-state index contributed by atoms with van der Waals surface area (Å²) < 4.78 is 5.55. The first-order valence-electron chi connectivity index (χ1n) is 7.27. The molecule has 5 heteroatoms. The Labute approximate surface area is 140 Å². The van der Waals surface area contributed by atoms with Crippen molar-refractivity contribution in [1.29, 1.82) is 0 Å². The van der Waals surface area contributed by atoms with Gasteiger partial charge in [-0.2, -0.15) is 0 Å². The first-order valence-corrected chi connectivity index (χ1v) is 9.37. The van der Waals surface area contributed by atoms with Gasteiger partial charge in [0.05, 0.1) is 19.3 Å². The summed E-state index contributed by atoms with van der Waals surface area (Å²) in [5, 5.41) is 12.1. The molecule has 2 aromatic rings. The van der Waals surface area contributed by atoms with Gasteiger partial charge in [-0.3, -0.25) is 4.90 Å². The van der Waals surface area contributed by atoms with E-state index in [1.807, 2.05) is 24.6 Å². The summed E-state index contributed by atoms with van der Waals surface area (Å²) in [4.78, 5) is 4.58. The molecule has 0 saturated heterocycles. The molecule has 1 aromatic heterocycles. The first-order chi connectivity index (χ1) is 10.7. The highest BCUT2D eigenvalue weighted by molar-refractivity contribution is 7.98. The summed E-state index contributed by atoms with van der Waals surface area (Å²) in [5.74, 6) is 0. The quantitative estimate of drug-likeness (QED) is 0.710. The molecular formula is C17H23NO2S2. The largest absolute Gasteiger partial charge is 0.389 e. The lowest BCUT2D eigenvalue weighted by Gasteiger charge is -2.20. The fourth-order valence-electron chi connectivity index (χ4n) is 2.21. The Morgan fingerprint density at radius 2 is 2.05 bits per heavy atom. The maximum Gasteiger partial charge on any atom is 0.0900 e. The van der Waals surface area contributed by atoms with Crippen molar-refractivity contribution in [1.82, 2.24) is 4.90 Å². The second-order valence-electron chi connectivity index (χ2n) is 5.29. The van der Waals surface area contributed by atoms with E-state index >= 15 is 0 Å². The van der Waals surface area contributed by atoms with Crippen LogP contribution in [-0.4, -0.2) is 42.6 Å². The highest BCUT2D eigenvalue weighted by Gasteiger charge is 2.09. The fraction of sp³-hybridized carbons (Fsp3) is 0.412.